The second-order valence-electron chi connectivity index (χ2n) is 10.8. The van der Waals surface area contributed by atoms with E-state index in [1.54, 1.807) is 0 Å². The molecule has 6 atom stereocenters. The molecule has 3 N–H and O–H groups in total. The summed E-state index contributed by atoms with van der Waals surface area (Å²) in [6, 6.07) is 0. The van der Waals surface area contributed by atoms with Crippen molar-refractivity contribution < 1.29 is 20.1 Å². The van der Waals surface area contributed by atoms with Crippen LogP contribution >= 0.6 is 0 Å². The molecule has 30 heavy (non-hydrogen) atoms. The summed E-state index contributed by atoms with van der Waals surface area (Å²) < 4.78 is 6.19. The molecule has 4 heteroatoms. The van der Waals surface area contributed by atoms with Crippen LogP contribution in [0.4, 0.5) is 0 Å². The summed E-state index contributed by atoms with van der Waals surface area (Å²) in [7, 11) is 0. The molecular formula is C26H42O4. The normalized spacial score (nSPS) is 38.8. The van der Waals surface area contributed by atoms with E-state index in [-0.39, 0.29) is 11.5 Å². The van der Waals surface area contributed by atoms with Crippen molar-refractivity contribution >= 4 is 0 Å². The van der Waals surface area contributed by atoms with Crippen molar-refractivity contribution in [2.24, 2.45) is 17.3 Å². The Morgan fingerprint density at radius 3 is 2.70 bits per heavy atom. The minimum atomic E-state index is -0.680. The van der Waals surface area contributed by atoms with Gasteiger partial charge in [0.1, 0.15) is 0 Å². The zero-order valence-electron chi connectivity index (χ0n) is 19.4. The third-order valence-electron chi connectivity index (χ3n) is 7.96. The molecule has 0 aliphatic heterocycles. The number of aliphatic hydroxyl groups is 3. The molecule has 170 valence electrons. The zero-order valence-corrected chi connectivity index (χ0v) is 19.4. The van der Waals surface area contributed by atoms with Crippen molar-refractivity contribution in [2.75, 3.05) is 6.61 Å². The number of fused-ring (bicyclic) bond motifs is 1. The van der Waals surface area contributed by atoms with E-state index < -0.39 is 17.8 Å². The minimum Gasteiger partial charge on any atom is -0.393 e. The van der Waals surface area contributed by atoms with Crippen LogP contribution in [-0.4, -0.2) is 45.8 Å². The molecule has 3 aliphatic rings. The molecule has 0 aromatic heterocycles. The van der Waals surface area contributed by atoms with Gasteiger partial charge in [0, 0.05) is 13.0 Å². The average molecular weight is 419 g/mol. The van der Waals surface area contributed by atoms with Crippen LogP contribution in [0.1, 0.15) is 79.1 Å². The summed E-state index contributed by atoms with van der Waals surface area (Å²) in [6.07, 6.45) is 11.0. The van der Waals surface area contributed by atoms with Gasteiger partial charge in [0.2, 0.25) is 0 Å². The van der Waals surface area contributed by atoms with E-state index >= 15 is 0 Å². The van der Waals surface area contributed by atoms with E-state index in [1.165, 1.54) is 31.3 Å². The maximum absolute atomic E-state index is 10.1. The fourth-order valence-corrected chi connectivity index (χ4v) is 6.13. The van der Waals surface area contributed by atoms with E-state index in [2.05, 4.69) is 32.6 Å². The van der Waals surface area contributed by atoms with Gasteiger partial charge in [0.05, 0.1) is 23.9 Å². The first-order valence-electron chi connectivity index (χ1n) is 11.8. The van der Waals surface area contributed by atoms with Crippen molar-refractivity contribution in [3.63, 3.8) is 0 Å². The van der Waals surface area contributed by atoms with Gasteiger partial charge in [0.15, 0.2) is 0 Å². The molecule has 3 rings (SSSR count). The zero-order chi connectivity index (χ0) is 22.1. The second kappa shape index (κ2) is 9.28. The van der Waals surface area contributed by atoms with Gasteiger partial charge >= 0.3 is 0 Å². The summed E-state index contributed by atoms with van der Waals surface area (Å²) >= 11 is 0. The van der Waals surface area contributed by atoms with Crippen LogP contribution in [0.5, 0.6) is 0 Å². The van der Waals surface area contributed by atoms with Crippen molar-refractivity contribution in [3.8, 4) is 0 Å². The molecule has 3 aliphatic carbocycles. The molecular weight excluding hydrogens is 376 g/mol. The lowest BCUT2D eigenvalue weighted by Gasteiger charge is -2.44. The Kier molecular flexibility index (Phi) is 7.33. The standard InChI is InChI=1S/C26H42O4/c1-17-20(15-21(27)16-24(17)28)9-8-19-7-6-12-26(5)22(10-11-23(19)26)18(2)30-14-13-25(3,4)29/h8-9,18,21-24,27-29H,1,6-7,10-16H2,2-5H3/t18-,21+,22+,23-,24-,26-/m0/s1. The quantitative estimate of drug-likeness (QED) is 0.585. The largest absolute Gasteiger partial charge is 0.393 e. The van der Waals surface area contributed by atoms with Gasteiger partial charge in [0.25, 0.3) is 0 Å². The fourth-order valence-electron chi connectivity index (χ4n) is 6.13. The highest BCUT2D eigenvalue weighted by molar-refractivity contribution is 5.38. The van der Waals surface area contributed by atoms with Crippen LogP contribution in [0.15, 0.2) is 35.5 Å². The SMILES string of the molecule is C=C1C(=CC=C2CCC[C@@]3(C)[C@@H]([C@H](C)OCCC(C)(C)O)CC[C@@H]23)C[C@@H](O)C[C@@H]1O. The van der Waals surface area contributed by atoms with E-state index in [4.69, 9.17) is 4.74 Å². The predicted molar refractivity (Wildman–Crippen MR) is 121 cm³/mol. The van der Waals surface area contributed by atoms with Gasteiger partial charge < -0.3 is 20.1 Å². The number of aliphatic hydroxyl groups excluding tert-OH is 2. The lowest BCUT2D eigenvalue weighted by molar-refractivity contribution is -0.0454. The summed E-state index contributed by atoms with van der Waals surface area (Å²) in [5.74, 6) is 1.11. The molecule has 0 radical (unpaired) electrons. The first-order chi connectivity index (χ1) is 14.0. The van der Waals surface area contributed by atoms with Crippen molar-refractivity contribution in [2.45, 2.75) is 103 Å². The number of ether oxygens (including phenoxy) is 1. The van der Waals surface area contributed by atoms with Gasteiger partial charge in [-0.2, -0.15) is 0 Å². The second-order valence-corrected chi connectivity index (χ2v) is 10.8. The Labute approximate surface area is 182 Å². The van der Waals surface area contributed by atoms with Crippen LogP contribution in [0.25, 0.3) is 0 Å². The smallest absolute Gasteiger partial charge is 0.0811 e. The lowest BCUT2D eigenvalue weighted by atomic mass is 9.62. The molecule has 4 nitrogen and oxygen atoms in total. The van der Waals surface area contributed by atoms with Crippen LogP contribution in [0.2, 0.25) is 0 Å². The maximum Gasteiger partial charge on any atom is 0.0811 e. The molecule has 0 saturated heterocycles. The number of hydrogen-bond donors (Lipinski definition) is 3. The van der Waals surface area contributed by atoms with Gasteiger partial charge in [-0.3, -0.25) is 0 Å². The van der Waals surface area contributed by atoms with Gasteiger partial charge in [-0.05, 0) is 94.1 Å². The molecule has 0 bridgehead atoms. The summed E-state index contributed by atoms with van der Waals surface area (Å²) in [5, 5.41) is 30.1. The number of allylic oxidation sites excluding steroid dienone is 3. The van der Waals surface area contributed by atoms with Crippen LogP contribution in [-0.2, 0) is 4.74 Å². The molecule has 0 aromatic carbocycles. The Morgan fingerprint density at radius 1 is 1.27 bits per heavy atom. The van der Waals surface area contributed by atoms with E-state index in [0.29, 0.717) is 37.7 Å². The molecule has 0 spiro atoms. The highest BCUT2D eigenvalue weighted by atomic mass is 16.5. The number of rotatable bonds is 6. The molecule has 3 fully saturated rings. The molecule has 0 amide bonds. The van der Waals surface area contributed by atoms with E-state index in [9.17, 15) is 15.3 Å². The first kappa shape index (κ1) is 23.7. The molecule has 0 aromatic rings. The summed E-state index contributed by atoms with van der Waals surface area (Å²) in [6.45, 7) is 13.0. The molecule has 0 heterocycles. The summed E-state index contributed by atoms with van der Waals surface area (Å²) in [5.41, 5.74) is 2.82. The highest BCUT2D eigenvalue weighted by Crippen LogP contribution is 2.58. The average Bonchev–Trinajstić information content (AvgIpc) is 3.00. The van der Waals surface area contributed by atoms with Crippen molar-refractivity contribution in [1.82, 2.24) is 0 Å². The molecule has 0 unspecified atom stereocenters. The first-order valence-corrected chi connectivity index (χ1v) is 11.8. The highest BCUT2D eigenvalue weighted by Gasteiger charge is 2.51. The Morgan fingerprint density at radius 2 is 2.00 bits per heavy atom. The Bertz CT molecular complexity index is 686. The topological polar surface area (TPSA) is 69.9 Å². The van der Waals surface area contributed by atoms with Crippen molar-refractivity contribution in [1.29, 1.82) is 0 Å². The third kappa shape index (κ3) is 5.27. The van der Waals surface area contributed by atoms with Gasteiger partial charge in [-0.1, -0.05) is 31.2 Å². The molecule has 3 saturated carbocycles. The number of hydrogen-bond acceptors (Lipinski definition) is 4. The fraction of sp³-hybridized carbons (Fsp3) is 0.769. The predicted octanol–water partition coefficient (Wildman–Crippen LogP) is 4.69. The van der Waals surface area contributed by atoms with E-state index in [1.807, 2.05) is 13.8 Å². The maximum atomic E-state index is 10.1. The Hall–Kier alpha value is -0.940. The lowest BCUT2D eigenvalue weighted by Crippen LogP contribution is -2.39. The van der Waals surface area contributed by atoms with Crippen LogP contribution in [0, 0.1) is 17.3 Å². The van der Waals surface area contributed by atoms with Gasteiger partial charge in [-0.15, -0.1) is 0 Å². The van der Waals surface area contributed by atoms with Crippen molar-refractivity contribution in [3.05, 3.63) is 35.5 Å². The monoisotopic (exact) mass is 418 g/mol. The third-order valence-corrected chi connectivity index (χ3v) is 7.96. The van der Waals surface area contributed by atoms with Gasteiger partial charge in [-0.25, -0.2) is 0 Å². The summed E-state index contributed by atoms with van der Waals surface area (Å²) in [4.78, 5) is 0. The van der Waals surface area contributed by atoms with E-state index in [0.717, 1.165) is 17.6 Å². The Balaban J connectivity index is 1.70. The van der Waals surface area contributed by atoms with Crippen LogP contribution in [0.3, 0.4) is 0 Å². The minimum absolute atomic E-state index is 0.198. The van der Waals surface area contributed by atoms with Crippen LogP contribution < -0.4 is 0 Å².